The Morgan fingerprint density at radius 2 is 2.07 bits per heavy atom. The molecule has 0 atom stereocenters. The number of ketones is 1. The molecule has 0 aliphatic rings. The predicted octanol–water partition coefficient (Wildman–Crippen LogP) is 1.19. The van der Waals surface area contributed by atoms with Crippen molar-refractivity contribution in [3.8, 4) is 0 Å². The number of anilines is 1. The number of hydrogen-bond donors (Lipinski definition) is 1. The van der Waals surface area contributed by atoms with Crippen LogP contribution >= 0.6 is 0 Å². The molecule has 1 rings (SSSR count). The molecule has 0 aliphatic heterocycles. The van der Waals surface area contributed by atoms with Crippen LogP contribution in [0.2, 0.25) is 0 Å². The highest BCUT2D eigenvalue weighted by Gasteiger charge is 2.12. The van der Waals surface area contributed by atoms with Gasteiger partial charge in [0.15, 0.2) is 0 Å². The van der Waals surface area contributed by atoms with E-state index in [1.807, 2.05) is 0 Å². The van der Waals surface area contributed by atoms with E-state index in [0.717, 1.165) is 0 Å². The lowest BCUT2D eigenvalue weighted by molar-refractivity contribution is -0.116. The third-order valence-corrected chi connectivity index (χ3v) is 1.97. The Kier molecular flexibility index (Phi) is 3.44. The molecule has 80 valence electrons. The van der Waals surface area contributed by atoms with Gasteiger partial charge in [0.25, 0.3) is 0 Å². The van der Waals surface area contributed by atoms with Crippen LogP contribution in [0.4, 0.5) is 5.69 Å². The molecule has 0 aliphatic carbocycles. The molecule has 0 aromatic heterocycles. The molecule has 4 nitrogen and oxygen atoms in total. The fourth-order valence-corrected chi connectivity index (χ4v) is 1.34. The summed E-state index contributed by atoms with van der Waals surface area (Å²) in [5.41, 5.74) is 7.10. The topological polar surface area (TPSA) is 69.4 Å². The summed E-state index contributed by atoms with van der Waals surface area (Å²) in [7, 11) is 1.30. The monoisotopic (exact) mass is 207 g/mol. The normalized spacial score (nSPS) is 9.73. The SMILES string of the molecule is COC(=O)c1ccc(N)cc1CC(C)=O. The zero-order chi connectivity index (χ0) is 11.4. The van der Waals surface area contributed by atoms with Gasteiger partial charge >= 0.3 is 5.97 Å². The van der Waals surface area contributed by atoms with Crippen molar-refractivity contribution in [1.29, 1.82) is 0 Å². The van der Waals surface area contributed by atoms with Gasteiger partial charge in [-0.15, -0.1) is 0 Å². The molecule has 0 amide bonds. The van der Waals surface area contributed by atoms with E-state index in [1.165, 1.54) is 14.0 Å². The van der Waals surface area contributed by atoms with Crippen LogP contribution in [0.1, 0.15) is 22.8 Å². The molecule has 0 saturated carbocycles. The Labute approximate surface area is 88.0 Å². The van der Waals surface area contributed by atoms with Crippen LogP contribution in [0.5, 0.6) is 0 Å². The highest BCUT2D eigenvalue weighted by molar-refractivity contribution is 5.93. The van der Waals surface area contributed by atoms with Gasteiger partial charge in [-0.3, -0.25) is 4.79 Å². The molecular weight excluding hydrogens is 194 g/mol. The average molecular weight is 207 g/mol. The summed E-state index contributed by atoms with van der Waals surface area (Å²) in [6.07, 6.45) is 0.190. The number of Topliss-reactive ketones (excluding diaryl/α,β-unsaturated/α-hetero) is 1. The van der Waals surface area contributed by atoms with Crippen LogP contribution < -0.4 is 5.73 Å². The van der Waals surface area contributed by atoms with Gasteiger partial charge in [-0.1, -0.05) is 0 Å². The minimum Gasteiger partial charge on any atom is -0.465 e. The van der Waals surface area contributed by atoms with Crippen molar-refractivity contribution in [2.75, 3.05) is 12.8 Å². The van der Waals surface area contributed by atoms with E-state index in [9.17, 15) is 9.59 Å². The lowest BCUT2D eigenvalue weighted by Crippen LogP contribution is -2.09. The van der Waals surface area contributed by atoms with E-state index < -0.39 is 5.97 Å². The summed E-state index contributed by atoms with van der Waals surface area (Å²) in [6.45, 7) is 1.46. The quantitative estimate of drug-likeness (QED) is 0.597. The molecule has 15 heavy (non-hydrogen) atoms. The molecule has 0 spiro atoms. The Hall–Kier alpha value is -1.84. The van der Waals surface area contributed by atoms with Crippen molar-refractivity contribution < 1.29 is 14.3 Å². The maximum atomic E-state index is 11.4. The maximum Gasteiger partial charge on any atom is 0.338 e. The largest absolute Gasteiger partial charge is 0.465 e. The third kappa shape index (κ3) is 2.80. The first kappa shape index (κ1) is 11.2. The van der Waals surface area contributed by atoms with Crippen molar-refractivity contribution >= 4 is 17.4 Å². The van der Waals surface area contributed by atoms with Gasteiger partial charge in [-0.2, -0.15) is 0 Å². The van der Waals surface area contributed by atoms with E-state index in [2.05, 4.69) is 4.74 Å². The lowest BCUT2D eigenvalue weighted by atomic mass is 10.0. The number of methoxy groups -OCH3 is 1. The van der Waals surface area contributed by atoms with E-state index in [0.29, 0.717) is 16.8 Å². The number of carbonyl (C=O) groups is 2. The average Bonchev–Trinajstić information content (AvgIpc) is 2.16. The number of nitrogen functional groups attached to an aromatic ring is 1. The number of hydrogen-bond acceptors (Lipinski definition) is 4. The number of rotatable bonds is 3. The van der Waals surface area contributed by atoms with E-state index in [1.54, 1.807) is 18.2 Å². The molecular formula is C11H13NO3. The number of nitrogens with two attached hydrogens (primary N) is 1. The molecule has 0 radical (unpaired) electrons. The fraction of sp³-hybridized carbons (Fsp3) is 0.273. The Balaban J connectivity index is 3.13. The number of benzene rings is 1. The number of esters is 1. The second-order valence-electron chi connectivity index (χ2n) is 3.29. The third-order valence-electron chi connectivity index (χ3n) is 1.97. The molecule has 1 aromatic carbocycles. The number of ether oxygens (including phenoxy) is 1. The smallest absolute Gasteiger partial charge is 0.338 e. The number of carbonyl (C=O) groups excluding carboxylic acids is 2. The van der Waals surface area contributed by atoms with Crippen molar-refractivity contribution in [1.82, 2.24) is 0 Å². The summed E-state index contributed by atoms with van der Waals surface area (Å²) in [5.74, 6) is -0.475. The van der Waals surface area contributed by atoms with E-state index in [4.69, 9.17) is 5.73 Å². The maximum absolute atomic E-state index is 11.4. The Morgan fingerprint density at radius 1 is 1.40 bits per heavy atom. The Bertz CT molecular complexity index is 399. The molecule has 0 unspecified atom stereocenters. The minimum absolute atomic E-state index is 0.0225. The second kappa shape index (κ2) is 4.59. The molecule has 0 saturated heterocycles. The first-order chi connectivity index (χ1) is 7.04. The van der Waals surface area contributed by atoms with E-state index >= 15 is 0 Å². The van der Waals surface area contributed by atoms with Gasteiger partial charge < -0.3 is 10.5 Å². The summed E-state index contributed by atoms with van der Waals surface area (Å²) in [6, 6.07) is 4.79. The van der Waals surface area contributed by atoms with E-state index in [-0.39, 0.29) is 12.2 Å². The summed E-state index contributed by atoms with van der Waals surface area (Å²) in [5, 5.41) is 0. The van der Waals surface area contributed by atoms with Gasteiger partial charge in [0.05, 0.1) is 12.7 Å². The van der Waals surface area contributed by atoms with Crippen molar-refractivity contribution in [2.45, 2.75) is 13.3 Å². The zero-order valence-electron chi connectivity index (χ0n) is 8.74. The Morgan fingerprint density at radius 3 is 2.60 bits per heavy atom. The predicted molar refractivity (Wildman–Crippen MR) is 56.6 cm³/mol. The highest BCUT2D eigenvalue weighted by atomic mass is 16.5. The van der Waals surface area contributed by atoms with Crippen LogP contribution in [0, 0.1) is 0 Å². The van der Waals surface area contributed by atoms with Crippen LogP contribution in [-0.2, 0) is 16.0 Å². The zero-order valence-corrected chi connectivity index (χ0v) is 8.74. The minimum atomic E-state index is -0.453. The summed E-state index contributed by atoms with van der Waals surface area (Å²) < 4.78 is 4.61. The van der Waals surface area contributed by atoms with Gasteiger partial charge in [0.1, 0.15) is 5.78 Å². The highest BCUT2D eigenvalue weighted by Crippen LogP contribution is 2.15. The van der Waals surface area contributed by atoms with Gasteiger partial charge in [-0.05, 0) is 30.7 Å². The first-order valence-corrected chi connectivity index (χ1v) is 4.50. The first-order valence-electron chi connectivity index (χ1n) is 4.50. The standard InChI is InChI=1S/C11H13NO3/c1-7(13)5-8-6-9(12)3-4-10(8)11(14)15-2/h3-4,6H,5,12H2,1-2H3. The fourth-order valence-electron chi connectivity index (χ4n) is 1.34. The molecule has 1 aromatic rings. The lowest BCUT2D eigenvalue weighted by Gasteiger charge is -2.07. The van der Waals surface area contributed by atoms with Crippen molar-refractivity contribution in [3.05, 3.63) is 29.3 Å². The molecule has 4 heteroatoms. The van der Waals surface area contributed by atoms with Gasteiger partial charge in [-0.25, -0.2) is 4.79 Å². The summed E-state index contributed by atoms with van der Waals surface area (Å²) in [4.78, 5) is 22.3. The molecule has 0 bridgehead atoms. The second-order valence-corrected chi connectivity index (χ2v) is 3.29. The van der Waals surface area contributed by atoms with Crippen LogP contribution in [0.15, 0.2) is 18.2 Å². The van der Waals surface area contributed by atoms with Crippen LogP contribution in [0.3, 0.4) is 0 Å². The van der Waals surface area contributed by atoms with Crippen LogP contribution in [0.25, 0.3) is 0 Å². The van der Waals surface area contributed by atoms with Gasteiger partial charge in [0, 0.05) is 12.1 Å². The summed E-state index contributed by atoms with van der Waals surface area (Å²) >= 11 is 0. The van der Waals surface area contributed by atoms with Crippen molar-refractivity contribution in [3.63, 3.8) is 0 Å². The van der Waals surface area contributed by atoms with Crippen LogP contribution in [-0.4, -0.2) is 18.9 Å². The molecule has 0 heterocycles. The molecule has 2 N–H and O–H groups in total. The molecule has 0 fully saturated rings. The van der Waals surface area contributed by atoms with Crippen molar-refractivity contribution in [2.24, 2.45) is 0 Å². The van der Waals surface area contributed by atoms with Gasteiger partial charge in [0.2, 0.25) is 0 Å².